The third kappa shape index (κ3) is 5.51. The molecule has 0 aliphatic heterocycles. The predicted octanol–water partition coefficient (Wildman–Crippen LogP) is 4.23. The zero-order valence-electron chi connectivity index (χ0n) is 12.5. The number of hydrogen-bond acceptors (Lipinski definition) is 6. The average Bonchev–Trinajstić information content (AvgIpc) is 2.95. The summed E-state index contributed by atoms with van der Waals surface area (Å²) < 4.78 is 25.0. The molecule has 2 aromatic rings. The van der Waals surface area contributed by atoms with Gasteiger partial charge < -0.3 is 0 Å². The molecule has 124 valence electrons. The Hall–Kier alpha value is -1.61. The highest BCUT2D eigenvalue weighted by Gasteiger charge is 2.18. The molecule has 23 heavy (non-hydrogen) atoms. The minimum absolute atomic E-state index is 0.00677. The van der Waals surface area contributed by atoms with E-state index in [9.17, 15) is 13.6 Å². The van der Waals surface area contributed by atoms with Gasteiger partial charge in [0, 0.05) is 12.6 Å². The summed E-state index contributed by atoms with van der Waals surface area (Å²) in [5.41, 5.74) is 0.0977. The number of aryl methyl sites for hydroxylation is 1. The highest BCUT2D eigenvalue weighted by atomic mass is 32.2. The summed E-state index contributed by atoms with van der Waals surface area (Å²) in [6.07, 6.45) is 5.45. The first-order chi connectivity index (χ1) is 11.1. The van der Waals surface area contributed by atoms with Gasteiger partial charge >= 0.3 is 0 Å². The second-order valence-corrected chi connectivity index (χ2v) is 6.69. The van der Waals surface area contributed by atoms with Gasteiger partial charge in [0.05, 0.1) is 5.56 Å². The summed E-state index contributed by atoms with van der Waals surface area (Å²) in [5.74, 6) is -3.15. The number of nitrogens with zero attached hydrogens (tertiary/aromatic N) is 3. The number of pyridine rings is 1. The van der Waals surface area contributed by atoms with E-state index in [1.165, 1.54) is 29.7 Å². The number of nitrogens with one attached hydrogen (secondary N) is 1. The molecule has 0 saturated carbocycles. The quantitative estimate of drug-likeness (QED) is 0.565. The number of hydrogen-bond donors (Lipinski definition) is 1. The van der Waals surface area contributed by atoms with Gasteiger partial charge in [0.1, 0.15) is 10.0 Å². The molecule has 2 aromatic heterocycles. The van der Waals surface area contributed by atoms with Crippen LogP contribution in [0.3, 0.4) is 0 Å². The molecule has 9 heteroatoms. The summed E-state index contributed by atoms with van der Waals surface area (Å²) in [6.45, 7) is 2.12. The zero-order chi connectivity index (χ0) is 16.7. The van der Waals surface area contributed by atoms with Crippen LogP contribution in [0.25, 0.3) is 0 Å². The predicted molar refractivity (Wildman–Crippen MR) is 87.2 cm³/mol. The van der Waals surface area contributed by atoms with Gasteiger partial charge in [-0.2, -0.15) is 8.78 Å². The third-order valence-corrected chi connectivity index (χ3v) is 4.52. The van der Waals surface area contributed by atoms with E-state index in [0.717, 1.165) is 30.7 Å². The van der Waals surface area contributed by atoms with Gasteiger partial charge in [-0.15, -0.1) is 10.2 Å². The lowest BCUT2D eigenvalue weighted by atomic mass is 10.2. The monoisotopic (exact) mass is 358 g/mol. The van der Waals surface area contributed by atoms with Crippen LogP contribution in [0, 0.1) is 0 Å². The molecule has 0 aliphatic carbocycles. The number of anilines is 1. The normalized spacial score (nSPS) is 11.0. The number of rotatable bonds is 8. The molecule has 0 unspecified atom stereocenters. The first-order valence-electron chi connectivity index (χ1n) is 7.13. The van der Waals surface area contributed by atoms with Crippen molar-refractivity contribution >= 4 is 34.1 Å². The highest BCUT2D eigenvalue weighted by molar-refractivity contribution is 7.99. The molecular weight excluding hydrogens is 342 g/mol. The van der Waals surface area contributed by atoms with Crippen molar-refractivity contribution in [1.29, 1.82) is 0 Å². The summed E-state index contributed by atoms with van der Waals surface area (Å²) in [6, 6.07) is 2.98. The van der Waals surface area contributed by atoms with Crippen molar-refractivity contribution in [3.05, 3.63) is 28.9 Å². The molecule has 0 spiro atoms. The van der Waals surface area contributed by atoms with Crippen molar-refractivity contribution in [2.75, 3.05) is 5.32 Å². The van der Waals surface area contributed by atoms with Crippen molar-refractivity contribution in [2.45, 2.75) is 43.4 Å². The molecule has 0 bridgehead atoms. The minimum atomic E-state index is -2.64. The number of amides is 1. The Morgan fingerprint density at radius 3 is 2.96 bits per heavy atom. The largest absolute Gasteiger partial charge is 0.296 e. The number of carbonyl (C=O) groups excluding carboxylic acids is 1. The van der Waals surface area contributed by atoms with Gasteiger partial charge in [-0.25, -0.2) is 4.98 Å². The standard InChI is InChI=1S/C14H16F2N4OS2/c1-2-3-4-7-10-19-20-14(22-10)18-11(21)9-6-5-8-17-12(9)23-13(15)16/h5-6,8,13H,2-4,7H2,1H3,(H,18,20,21). The molecule has 0 saturated heterocycles. The zero-order valence-corrected chi connectivity index (χ0v) is 14.1. The molecule has 0 aliphatic rings. The Balaban J connectivity index is 2.02. The van der Waals surface area contributed by atoms with Crippen molar-refractivity contribution in [3.8, 4) is 0 Å². The first-order valence-corrected chi connectivity index (χ1v) is 8.83. The van der Waals surface area contributed by atoms with E-state index in [-0.39, 0.29) is 22.4 Å². The first kappa shape index (κ1) is 17.7. The molecule has 1 N–H and O–H groups in total. The summed E-state index contributed by atoms with van der Waals surface area (Å²) >= 11 is 1.54. The molecule has 0 aromatic carbocycles. The summed E-state index contributed by atoms with van der Waals surface area (Å²) in [5, 5.41) is 11.7. The highest BCUT2D eigenvalue weighted by Crippen LogP contribution is 2.27. The molecular formula is C14H16F2N4OS2. The van der Waals surface area contributed by atoms with Gasteiger partial charge in [-0.1, -0.05) is 31.1 Å². The summed E-state index contributed by atoms with van der Waals surface area (Å²) in [4.78, 5) is 16.0. The van der Waals surface area contributed by atoms with E-state index < -0.39 is 11.7 Å². The van der Waals surface area contributed by atoms with Gasteiger partial charge in [-0.05, 0) is 30.3 Å². The Morgan fingerprint density at radius 1 is 1.39 bits per heavy atom. The van der Waals surface area contributed by atoms with E-state index in [4.69, 9.17) is 0 Å². The fourth-order valence-electron chi connectivity index (χ4n) is 1.84. The second kappa shape index (κ2) is 8.88. The maximum atomic E-state index is 12.5. The van der Waals surface area contributed by atoms with E-state index >= 15 is 0 Å². The fraction of sp³-hybridized carbons (Fsp3) is 0.429. The Kier molecular flexibility index (Phi) is 6.85. The van der Waals surface area contributed by atoms with Crippen molar-refractivity contribution in [1.82, 2.24) is 15.2 Å². The van der Waals surface area contributed by atoms with Crippen molar-refractivity contribution in [3.63, 3.8) is 0 Å². The lowest BCUT2D eigenvalue weighted by Crippen LogP contribution is -2.13. The SMILES string of the molecule is CCCCCc1nnc(NC(=O)c2cccnc2SC(F)F)s1. The van der Waals surface area contributed by atoms with Crippen LogP contribution in [-0.2, 0) is 6.42 Å². The number of thioether (sulfide) groups is 1. The summed E-state index contributed by atoms with van der Waals surface area (Å²) in [7, 11) is 0. The fourth-order valence-corrected chi connectivity index (χ4v) is 3.19. The molecule has 2 rings (SSSR count). The molecule has 2 heterocycles. The van der Waals surface area contributed by atoms with Gasteiger partial charge in [0.2, 0.25) is 5.13 Å². The topological polar surface area (TPSA) is 67.8 Å². The van der Waals surface area contributed by atoms with Crippen LogP contribution in [0.2, 0.25) is 0 Å². The van der Waals surface area contributed by atoms with Crippen LogP contribution in [-0.4, -0.2) is 26.8 Å². The molecule has 0 radical (unpaired) electrons. The molecule has 0 fully saturated rings. The number of unbranched alkanes of at least 4 members (excludes halogenated alkanes) is 2. The lowest BCUT2D eigenvalue weighted by molar-refractivity contribution is 0.102. The molecule has 5 nitrogen and oxygen atoms in total. The second-order valence-electron chi connectivity index (χ2n) is 4.65. The smallest absolute Gasteiger partial charge is 0.290 e. The average molecular weight is 358 g/mol. The number of alkyl halides is 2. The van der Waals surface area contributed by atoms with E-state index in [2.05, 4.69) is 27.4 Å². The Bertz CT molecular complexity index is 651. The van der Waals surface area contributed by atoms with Gasteiger partial charge in [0.25, 0.3) is 11.7 Å². The van der Waals surface area contributed by atoms with Crippen molar-refractivity contribution < 1.29 is 13.6 Å². The minimum Gasteiger partial charge on any atom is -0.296 e. The number of halogens is 2. The van der Waals surface area contributed by atoms with Crippen molar-refractivity contribution in [2.24, 2.45) is 0 Å². The Morgan fingerprint density at radius 2 is 2.22 bits per heavy atom. The van der Waals surface area contributed by atoms with Crippen LogP contribution in [0.5, 0.6) is 0 Å². The van der Waals surface area contributed by atoms with Crippen LogP contribution in [0.4, 0.5) is 13.9 Å². The maximum absolute atomic E-state index is 12.5. The van der Waals surface area contributed by atoms with Crippen LogP contribution < -0.4 is 5.32 Å². The van der Waals surface area contributed by atoms with E-state index in [0.29, 0.717) is 5.13 Å². The Labute approximate surface area is 140 Å². The third-order valence-electron chi connectivity index (χ3n) is 2.90. The molecule has 0 atom stereocenters. The maximum Gasteiger partial charge on any atom is 0.290 e. The lowest BCUT2D eigenvalue weighted by Gasteiger charge is -2.06. The van der Waals surface area contributed by atoms with E-state index in [1.54, 1.807) is 0 Å². The van der Waals surface area contributed by atoms with Crippen LogP contribution in [0.1, 0.15) is 41.6 Å². The number of carbonyl (C=O) groups is 1. The van der Waals surface area contributed by atoms with E-state index in [1.807, 2.05) is 0 Å². The van der Waals surface area contributed by atoms with Gasteiger partial charge in [-0.3, -0.25) is 10.1 Å². The van der Waals surface area contributed by atoms with Crippen LogP contribution >= 0.6 is 23.1 Å². The number of aromatic nitrogens is 3. The van der Waals surface area contributed by atoms with Crippen LogP contribution in [0.15, 0.2) is 23.4 Å². The molecule has 1 amide bonds. The van der Waals surface area contributed by atoms with Gasteiger partial charge in [0.15, 0.2) is 0 Å².